The summed E-state index contributed by atoms with van der Waals surface area (Å²) in [6, 6.07) is 3.60. The van der Waals surface area contributed by atoms with Crippen LogP contribution in [0.3, 0.4) is 0 Å². The molecule has 1 amide bonds. The van der Waals surface area contributed by atoms with Gasteiger partial charge in [0.05, 0.1) is 5.56 Å². The van der Waals surface area contributed by atoms with Crippen molar-refractivity contribution in [3.05, 3.63) is 30.1 Å². The number of nitrogens with two attached hydrogens (primary N) is 1. The van der Waals surface area contributed by atoms with Crippen LogP contribution in [0.2, 0.25) is 0 Å². The van der Waals surface area contributed by atoms with E-state index in [1.807, 2.05) is 4.90 Å². The summed E-state index contributed by atoms with van der Waals surface area (Å²) in [6.45, 7) is 2.28. The molecule has 0 radical (unpaired) electrons. The minimum absolute atomic E-state index is 0.0752. The zero-order valence-corrected chi connectivity index (χ0v) is 9.30. The maximum atomic E-state index is 12.1. The zero-order valence-electron chi connectivity index (χ0n) is 9.30. The van der Waals surface area contributed by atoms with Crippen molar-refractivity contribution in [1.82, 2.24) is 9.88 Å². The number of piperidine rings is 1. The predicted octanol–water partition coefficient (Wildman–Crippen LogP) is 0.892. The molecule has 0 saturated carbocycles. The van der Waals surface area contributed by atoms with E-state index in [-0.39, 0.29) is 5.91 Å². The number of carbonyl (C=O) groups excluding carboxylic acids is 1. The van der Waals surface area contributed by atoms with Crippen LogP contribution < -0.4 is 5.73 Å². The van der Waals surface area contributed by atoms with E-state index in [4.69, 9.17) is 5.73 Å². The molecule has 0 spiro atoms. The molecular weight excluding hydrogens is 202 g/mol. The summed E-state index contributed by atoms with van der Waals surface area (Å²) in [4.78, 5) is 18.0. The molecule has 1 unspecified atom stereocenters. The average Bonchev–Trinajstić information content (AvgIpc) is 2.39. The van der Waals surface area contributed by atoms with E-state index in [2.05, 4.69) is 4.98 Å². The van der Waals surface area contributed by atoms with Gasteiger partial charge in [0.25, 0.3) is 5.91 Å². The van der Waals surface area contributed by atoms with Crippen LogP contribution in [-0.2, 0) is 0 Å². The standard InChI is InChI=1S/C12H17N3O/c13-7-10-3-2-6-15(9-10)12(16)11-4-1-5-14-8-11/h1,4-5,8,10H,2-3,6-7,9,13H2. The van der Waals surface area contributed by atoms with Crippen molar-refractivity contribution < 1.29 is 4.79 Å². The summed E-state index contributed by atoms with van der Waals surface area (Å²) < 4.78 is 0. The van der Waals surface area contributed by atoms with Crippen LogP contribution in [0.25, 0.3) is 0 Å². The van der Waals surface area contributed by atoms with Gasteiger partial charge in [0.2, 0.25) is 0 Å². The number of nitrogens with zero attached hydrogens (tertiary/aromatic N) is 2. The maximum Gasteiger partial charge on any atom is 0.255 e. The topological polar surface area (TPSA) is 59.2 Å². The predicted molar refractivity (Wildman–Crippen MR) is 61.9 cm³/mol. The molecule has 4 nitrogen and oxygen atoms in total. The van der Waals surface area contributed by atoms with Gasteiger partial charge < -0.3 is 10.6 Å². The van der Waals surface area contributed by atoms with Crippen LogP contribution in [0.1, 0.15) is 23.2 Å². The molecule has 1 aromatic heterocycles. The van der Waals surface area contributed by atoms with Crippen molar-refractivity contribution in [1.29, 1.82) is 0 Å². The van der Waals surface area contributed by atoms with Crippen molar-refractivity contribution >= 4 is 5.91 Å². The highest BCUT2D eigenvalue weighted by Crippen LogP contribution is 2.17. The molecule has 1 saturated heterocycles. The number of hydrogen-bond donors (Lipinski definition) is 1. The molecule has 0 aliphatic carbocycles. The smallest absolute Gasteiger partial charge is 0.255 e. The van der Waals surface area contributed by atoms with E-state index in [9.17, 15) is 4.79 Å². The van der Waals surface area contributed by atoms with Crippen LogP contribution in [-0.4, -0.2) is 35.4 Å². The Hall–Kier alpha value is -1.42. The molecule has 2 heterocycles. The minimum Gasteiger partial charge on any atom is -0.338 e. The van der Waals surface area contributed by atoms with Gasteiger partial charge in [-0.1, -0.05) is 0 Å². The minimum atomic E-state index is 0.0752. The summed E-state index contributed by atoms with van der Waals surface area (Å²) in [5.41, 5.74) is 6.32. The molecule has 1 aromatic rings. The number of amides is 1. The monoisotopic (exact) mass is 219 g/mol. The molecule has 2 rings (SSSR count). The Kier molecular flexibility index (Phi) is 3.51. The normalized spacial score (nSPS) is 20.8. The molecule has 0 aromatic carbocycles. The van der Waals surface area contributed by atoms with Crippen molar-refractivity contribution in [2.24, 2.45) is 11.7 Å². The van der Waals surface area contributed by atoms with Gasteiger partial charge in [-0.15, -0.1) is 0 Å². The lowest BCUT2D eigenvalue weighted by atomic mass is 9.98. The summed E-state index contributed by atoms with van der Waals surface area (Å²) in [7, 11) is 0. The van der Waals surface area contributed by atoms with Crippen molar-refractivity contribution in [2.45, 2.75) is 12.8 Å². The second kappa shape index (κ2) is 5.07. The van der Waals surface area contributed by atoms with Crippen LogP contribution >= 0.6 is 0 Å². The lowest BCUT2D eigenvalue weighted by Gasteiger charge is -2.32. The molecule has 1 aliphatic heterocycles. The Morgan fingerprint density at radius 2 is 2.50 bits per heavy atom. The first-order valence-corrected chi connectivity index (χ1v) is 5.70. The Balaban J connectivity index is 2.05. The Morgan fingerprint density at radius 1 is 1.62 bits per heavy atom. The van der Waals surface area contributed by atoms with Gasteiger partial charge in [-0.3, -0.25) is 9.78 Å². The third kappa shape index (κ3) is 2.39. The van der Waals surface area contributed by atoms with E-state index >= 15 is 0 Å². The fraction of sp³-hybridized carbons (Fsp3) is 0.500. The molecule has 4 heteroatoms. The van der Waals surface area contributed by atoms with Crippen LogP contribution in [0.4, 0.5) is 0 Å². The number of carbonyl (C=O) groups is 1. The highest BCUT2D eigenvalue weighted by molar-refractivity contribution is 5.93. The second-order valence-corrected chi connectivity index (χ2v) is 4.24. The van der Waals surface area contributed by atoms with E-state index in [0.717, 1.165) is 25.9 Å². The quantitative estimate of drug-likeness (QED) is 0.803. The Morgan fingerprint density at radius 3 is 3.19 bits per heavy atom. The number of aromatic nitrogens is 1. The summed E-state index contributed by atoms with van der Waals surface area (Å²) in [5.74, 6) is 0.528. The van der Waals surface area contributed by atoms with Crippen molar-refractivity contribution in [3.8, 4) is 0 Å². The molecule has 16 heavy (non-hydrogen) atoms. The molecule has 1 fully saturated rings. The largest absolute Gasteiger partial charge is 0.338 e. The van der Waals surface area contributed by atoms with Gasteiger partial charge in [0.1, 0.15) is 0 Å². The molecule has 2 N–H and O–H groups in total. The number of likely N-dealkylation sites (tertiary alicyclic amines) is 1. The SMILES string of the molecule is NCC1CCCN(C(=O)c2cccnc2)C1. The maximum absolute atomic E-state index is 12.1. The first kappa shape index (κ1) is 11.1. The summed E-state index contributed by atoms with van der Waals surface area (Å²) in [5, 5.41) is 0. The molecule has 1 aliphatic rings. The number of rotatable bonds is 2. The van der Waals surface area contributed by atoms with E-state index < -0.39 is 0 Å². The zero-order chi connectivity index (χ0) is 11.4. The lowest BCUT2D eigenvalue weighted by molar-refractivity contribution is 0.0678. The van der Waals surface area contributed by atoms with Crippen LogP contribution in [0.15, 0.2) is 24.5 Å². The molecular formula is C12H17N3O. The van der Waals surface area contributed by atoms with Gasteiger partial charge in [0, 0.05) is 25.5 Å². The van der Waals surface area contributed by atoms with E-state index in [1.54, 1.807) is 24.5 Å². The highest BCUT2D eigenvalue weighted by atomic mass is 16.2. The highest BCUT2D eigenvalue weighted by Gasteiger charge is 2.23. The Labute approximate surface area is 95.5 Å². The first-order chi connectivity index (χ1) is 7.81. The van der Waals surface area contributed by atoms with Crippen LogP contribution in [0, 0.1) is 5.92 Å². The fourth-order valence-corrected chi connectivity index (χ4v) is 2.11. The Bertz CT molecular complexity index is 353. The second-order valence-electron chi connectivity index (χ2n) is 4.24. The third-order valence-electron chi connectivity index (χ3n) is 3.05. The van der Waals surface area contributed by atoms with Crippen LogP contribution in [0.5, 0.6) is 0 Å². The van der Waals surface area contributed by atoms with Gasteiger partial charge in [-0.2, -0.15) is 0 Å². The first-order valence-electron chi connectivity index (χ1n) is 5.70. The third-order valence-corrected chi connectivity index (χ3v) is 3.05. The average molecular weight is 219 g/mol. The van der Waals surface area contributed by atoms with Crippen molar-refractivity contribution in [3.63, 3.8) is 0 Å². The van der Waals surface area contributed by atoms with Crippen molar-refractivity contribution in [2.75, 3.05) is 19.6 Å². The fourth-order valence-electron chi connectivity index (χ4n) is 2.11. The van der Waals surface area contributed by atoms with Gasteiger partial charge in [0.15, 0.2) is 0 Å². The van der Waals surface area contributed by atoms with Gasteiger partial charge >= 0.3 is 0 Å². The van der Waals surface area contributed by atoms with E-state index in [1.165, 1.54) is 0 Å². The van der Waals surface area contributed by atoms with Gasteiger partial charge in [-0.05, 0) is 37.4 Å². The molecule has 1 atom stereocenters. The molecule has 86 valence electrons. The lowest BCUT2D eigenvalue weighted by Crippen LogP contribution is -2.42. The number of pyridine rings is 1. The van der Waals surface area contributed by atoms with Gasteiger partial charge in [-0.25, -0.2) is 0 Å². The molecule has 0 bridgehead atoms. The summed E-state index contributed by atoms with van der Waals surface area (Å²) >= 11 is 0. The number of hydrogen-bond acceptors (Lipinski definition) is 3. The van der Waals surface area contributed by atoms with E-state index in [0.29, 0.717) is 18.0 Å². The summed E-state index contributed by atoms with van der Waals surface area (Å²) in [6.07, 6.45) is 5.48.